The largest absolute Gasteiger partial charge is 0.476 e. The highest BCUT2D eigenvalue weighted by Gasteiger charge is 2.29. The molecule has 30 heavy (non-hydrogen) atoms. The maximum Gasteiger partial charge on any atom is 0.268 e. The predicted molar refractivity (Wildman–Crippen MR) is 114 cm³/mol. The van der Waals surface area contributed by atoms with E-state index in [1.807, 2.05) is 48.5 Å². The van der Waals surface area contributed by atoms with Gasteiger partial charge in [-0.25, -0.2) is 0 Å². The molecule has 5 heteroatoms. The van der Waals surface area contributed by atoms with Crippen molar-refractivity contribution >= 4 is 11.7 Å². The summed E-state index contributed by atoms with van der Waals surface area (Å²) in [5, 5.41) is 0. The van der Waals surface area contributed by atoms with Crippen LogP contribution in [0.4, 0.5) is 0 Å². The fourth-order valence-corrected chi connectivity index (χ4v) is 3.42. The van der Waals surface area contributed by atoms with Crippen LogP contribution < -0.4 is 4.74 Å². The first-order chi connectivity index (χ1) is 14.7. The lowest BCUT2D eigenvalue weighted by Crippen LogP contribution is -2.44. The van der Waals surface area contributed by atoms with E-state index in [2.05, 4.69) is 0 Å². The van der Waals surface area contributed by atoms with Crippen molar-refractivity contribution in [1.82, 2.24) is 4.90 Å². The van der Waals surface area contributed by atoms with Crippen molar-refractivity contribution in [2.45, 2.75) is 6.10 Å². The first kappa shape index (κ1) is 19.9. The monoisotopic (exact) mass is 401 g/mol. The molecule has 1 heterocycles. The van der Waals surface area contributed by atoms with E-state index in [4.69, 9.17) is 9.47 Å². The molecule has 1 fully saturated rings. The Morgan fingerprint density at radius 1 is 0.767 bits per heavy atom. The molecule has 0 saturated carbocycles. The first-order valence-corrected chi connectivity index (χ1v) is 10.0. The summed E-state index contributed by atoms with van der Waals surface area (Å²) in [5.74, 6) is 0.398. The number of amides is 1. The number of benzene rings is 3. The van der Waals surface area contributed by atoms with Gasteiger partial charge in [-0.3, -0.25) is 9.59 Å². The van der Waals surface area contributed by atoms with Gasteiger partial charge in [0, 0.05) is 29.8 Å². The van der Waals surface area contributed by atoms with Crippen LogP contribution >= 0.6 is 0 Å². The molecule has 1 amide bonds. The molecule has 1 aliphatic rings. The highest BCUT2D eigenvalue weighted by atomic mass is 16.5. The highest BCUT2D eigenvalue weighted by molar-refractivity contribution is 6.09. The number of hydrogen-bond donors (Lipinski definition) is 0. The van der Waals surface area contributed by atoms with Gasteiger partial charge in [0.25, 0.3) is 5.91 Å². The molecule has 3 aromatic rings. The van der Waals surface area contributed by atoms with Crippen molar-refractivity contribution in [1.29, 1.82) is 0 Å². The summed E-state index contributed by atoms with van der Waals surface area (Å²) in [4.78, 5) is 27.5. The molecule has 4 rings (SSSR count). The zero-order valence-electron chi connectivity index (χ0n) is 16.6. The summed E-state index contributed by atoms with van der Waals surface area (Å²) in [5.41, 5.74) is 2.00. The van der Waals surface area contributed by atoms with Gasteiger partial charge in [-0.2, -0.15) is 0 Å². The van der Waals surface area contributed by atoms with Gasteiger partial charge >= 0.3 is 0 Å². The Kier molecular flexibility index (Phi) is 6.20. The van der Waals surface area contributed by atoms with Gasteiger partial charge in [-0.1, -0.05) is 60.7 Å². The third-order valence-electron chi connectivity index (χ3n) is 5.06. The fraction of sp³-hybridized carbons (Fsp3) is 0.200. The molecule has 0 aliphatic carbocycles. The maximum atomic E-state index is 13.2. The van der Waals surface area contributed by atoms with Gasteiger partial charge in [0.05, 0.1) is 13.2 Å². The van der Waals surface area contributed by atoms with Gasteiger partial charge in [0.15, 0.2) is 5.78 Å². The second-order valence-electron chi connectivity index (χ2n) is 7.07. The van der Waals surface area contributed by atoms with E-state index in [9.17, 15) is 9.59 Å². The molecule has 0 bridgehead atoms. The molecule has 1 atom stereocenters. The number of ketones is 1. The Hall–Kier alpha value is -3.44. The zero-order valence-corrected chi connectivity index (χ0v) is 16.6. The molecule has 0 unspecified atom stereocenters. The third-order valence-corrected chi connectivity index (χ3v) is 5.06. The van der Waals surface area contributed by atoms with E-state index in [1.165, 1.54) is 0 Å². The summed E-state index contributed by atoms with van der Waals surface area (Å²) >= 11 is 0. The molecule has 0 N–H and O–H groups in total. The van der Waals surface area contributed by atoms with Crippen molar-refractivity contribution in [3.63, 3.8) is 0 Å². The van der Waals surface area contributed by atoms with Crippen molar-refractivity contribution in [2.75, 3.05) is 26.3 Å². The molecule has 0 spiro atoms. The second-order valence-corrected chi connectivity index (χ2v) is 7.07. The number of hydrogen-bond acceptors (Lipinski definition) is 4. The minimum absolute atomic E-state index is 0.0499. The number of carbonyl (C=O) groups is 2. The van der Waals surface area contributed by atoms with Crippen LogP contribution in [0.1, 0.15) is 27.6 Å². The van der Waals surface area contributed by atoms with Gasteiger partial charge in [0.1, 0.15) is 5.75 Å². The molecule has 152 valence electrons. The first-order valence-electron chi connectivity index (χ1n) is 10.0. The fourth-order valence-electron chi connectivity index (χ4n) is 3.42. The van der Waals surface area contributed by atoms with Crippen molar-refractivity contribution in [3.8, 4) is 5.75 Å². The van der Waals surface area contributed by atoms with Gasteiger partial charge in [-0.15, -0.1) is 0 Å². The molecular weight excluding hydrogens is 378 g/mol. The van der Waals surface area contributed by atoms with Crippen LogP contribution in [0.2, 0.25) is 0 Å². The van der Waals surface area contributed by atoms with E-state index in [0.29, 0.717) is 43.2 Å². The smallest absolute Gasteiger partial charge is 0.268 e. The Morgan fingerprint density at radius 3 is 1.97 bits per heavy atom. The van der Waals surface area contributed by atoms with E-state index in [0.717, 1.165) is 5.56 Å². The van der Waals surface area contributed by atoms with Gasteiger partial charge < -0.3 is 14.4 Å². The van der Waals surface area contributed by atoms with E-state index < -0.39 is 6.10 Å². The Balaban J connectivity index is 1.54. The van der Waals surface area contributed by atoms with E-state index in [1.54, 1.807) is 41.3 Å². The quantitative estimate of drug-likeness (QED) is 0.588. The van der Waals surface area contributed by atoms with Crippen LogP contribution in [-0.2, 0) is 9.53 Å². The van der Waals surface area contributed by atoms with Gasteiger partial charge in [-0.05, 0) is 24.3 Å². The molecular formula is C25H23NO4. The lowest BCUT2D eigenvalue weighted by atomic mass is 10.0. The summed E-state index contributed by atoms with van der Waals surface area (Å²) < 4.78 is 11.5. The number of rotatable bonds is 6. The Morgan fingerprint density at radius 2 is 1.33 bits per heavy atom. The van der Waals surface area contributed by atoms with Crippen LogP contribution in [-0.4, -0.2) is 42.9 Å². The minimum Gasteiger partial charge on any atom is -0.476 e. The van der Waals surface area contributed by atoms with Gasteiger partial charge in [0.2, 0.25) is 6.10 Å². The second kappa shape index (κ2) is 9.37. The molecule has 0 radical (unpaired) electrons. The predicted octanol–water partition coefficient (Wildman–Crippen LogP) is 3.90. The van der Waals surface area contributed by atoms with Crippen LogP contribution in [0.5, 0.6) is 5.75 Å². The SMILES string of the molecule is O=C(c1ccccc1)c1ccc(O[C@@H](C(=O)N2CCOCC2)c2ccccc2)cc1. The number of carbonyl (C=O) groups excluding carboxylic acids is 2. The lowest BCUT2D eigenvalue weighted by Gasteiger charge is -2.30. The summed E-state index contributed by atoms with van der Waals surface area (Å²) in [6, 6.07) is 25.5. The molecule has 1 saturated heterocycles. The average Bonchev–Trinajstić information content (AvgIpc) is 2.84. The van der Waals surface area contributed by atoms with Crippen LogP contribution in [0.15, 0.2) is 84.9 Å². The van der Waals surface area contributed by atoms with Crippen molar-refractivity contribution in [2.24, 2.45) is 0 Å². The van der Waals surface area contributed by atoms with Crippen molar-refractivity contribution < 1.29 is 19.1 Å². The standard InChI is InChI=1S/C25H23NO4/c27-23(19-7-3-1-4-8-19)20-11-13-22(14-12-20)30-24(21-9-5-2-6-10-21)25(28)26-15-17-29-18-16-26/h1-14,24H,15-18H2/t24-/m1/s1. The summed E-state index contributed by atoms with van der Waals surface area (Å²) in [6.45, 7) is 2.17. The number of morpholine rings is 1. The minimum atomic E-state index is -0.750. The highest BCUT2D eigenvalue weighted by Crippen LogP contribution is 2.25. The molecule has 0 aromatic heterocycles. The lowest BCUT2D eigenvalue weighted by molar-refractivity contribution is -0.143. The third kappa shape index (κ3) is 4.58. The molecule has 1 aliphatic heterocycles. The van der Waals surface area contributed by atoms with E-state index in [-0.39, 0.29) is 11.7 Å². The van der Waals surface area contributed by atoms with Crippen LogP contribution in [0.3, 0.4) is 0 Å². The van der Waals surface area contributed by atoms with E-state index >= 15 is 0 Å². The summed E-state index contributed by atoms with van der Waals surface area (Å²) in [6.07, 6.45) is -0.750. The van der Waals surface area contributed by atoms with Crippen LogP contribution in [0.25, 0.3) is 0 Å². The summed E-state index contributed by atoms with van der Waals surface area (Å²) in [7, 11) is 0. The van der Waals surface area contributed by atoms with Crippen molar-refractivity contribution in [3.05, 3.63) is 102 Å². The Labute approximate surface area is 175 Å². The normalized spacial score (nSPS) is 14.7. The average molecular weight is 401 g/mol. The zero-order chi connectivity index (χ0) is 20.8. The molecule has 5 nitrogen and oxygen atoms in total. The molecule has 3 aromatic carbocycles. The number of nitrogens with zero attached hydrogens (tertiary/aromatic N) is 1. The maximum absolute atomic E-state index is 13.2. The Bertz CT molecular complexity index is 981. The van der Waals surface area contributed by atoms with Crippen LogP contribution in [0, 0.1) is 0 Å². The topological polar surface area (TPSA) is 55.8 Å². The number of ether oxygens (including phenoxy) is 2.